The van der Waals surface area contributed by atoms with E-state index in [1.54, 1.807) is 24.3 Å². The van der Waals surface area contributed by atoms with E-state index in [0.29, 0.717) is 17.0 Å². The summed E-state index contributed by atoms with van der Waals surface area (Å²) in [5.74, 6) is 0.491. The Labute approximate surface area is 178 Å². The fourth-order valence-electron chi connectivity index (χ4n) is 3.57. The summed E-state index contributed by atoms with van der Waals surface area (Å²) >= 11 is 0. The first-order valence-corrected chi connectivity index (χ1v) is 10.7. The first-order valence-electron chi connectivity index (χ1n) is 10.7. The van der Waals surface area contributed by atoms with Gasteiger partial charge in [0, 0.05) is 17.3 Å². The predicted molar refractivity (Wildman–Crippen MR) is 120 cm³/mol. The molecule has 3 N–H and O–H groups in total. The first-order chi connectivity index (χ1) is 14.5. The number of amides is 2. The van der Waals surface area contributed by atoms with E-state index in [4.69, 9.17) is 4.74 Å². The minimum Gasteiger partial charge on any atom is -0.489 e. The Bertz CT molecular complexity index is 843. The van der Waals surface area contributed by atoms with Crippen LogP contribution >= 0.6 is 0 Å². The molecule has 1 fully saturated rings. The van der Waals surface area contributed by atoms with Gasteiger partial charge in [-0.15, -0.1) is 0 Å². The second-order valence-electron chi connectivity index (χ2n) is 7.95. The van der Waals surface area contributed by atoms with Crippen LogP contribution in [0, 0.1) is 0 Å². The standard InChI is InChI=1S/C24H31N3O3/c1-17(2)30-22-11-7-6-10-21(22)25-16-23(28)26-20-14-12-18(13-15-20)24(29)27-19-8-4-3-5-9-19/h6-7,10-15,17,19,25H,3-5,8-9,16H2,1-2H3,(H,26,28)(H,27,29). The minimum absolute atomic E-state index is 0.0515. The highest BCUT2D eigenvalue weighted by Crippen LogP contribution is 2.24. The molecule has 0 saturated heterocycles. The Hall–Kier alpha value is -3.02. The summed E-state index contributed by atoms with van der Waals surface area (Å²) in [6.45, 7) is 4.04. The van der Waals surface area contributed by atoms with Crippen LogP contribution < -0.4 is 20.7 Å². The molecule has 0 bridgehead atoms. The van der Waals surface area contributed by atoms with Gasteiger partial charge in [-0.1, -0.05) is 31.4 Å². The van der Waals surface area contributed by atoms with Gasteiger partial charge in [-0.3, -0.25) is 9.59 Å². The molecule has 6 nitrogen and oxygen atoms in total. The molecule has 2 amide bonds. The Morgan fingerprint density at radius 2 is 1.70 bits per heavy atom. The van der Waals surface area contributed by atoms with Crippen LogP contribution in [0.4, 0.5) is 11.4 Å². The van der Waals surface area contributed by atoms with E-state index >= 15 is 0 Å². The van der Waals surface area contributed by atoms with E-state index in [2.05, 4.69) is 16.0 Å². The third-order valence-corrected chi connectivity index (χ3v) is 5.06. The van der Waals surface area contributed by atoms with Gasteiger partial charge in [0.2, 0.25) is 5.91 Å². The monoisotopic (exact) mass is 409 g/mol. The van der Waals surface area contributed by atoms with Gasteiger partial charge in [-0.25, -0.2) is 0 Å². The van der Waals surface area contributed by atoms with E-state index in [1.807, 2.05) is 38.1 Å². The van der Waals surface area contributed by atoms with Gasteiger partial charge >= 0.3 is 0 Å². The molecule has 0 unspecified atom stereocenters. The number of hydrogen-bond donors (Lipinski definition) is 3. The number of nitrogens with one attached hydrogen (secondary N) is 3. The highest BCUT2D eigenvalue weighted by atomic mass is 16.5. The van der Waals surface area contributed by atoms with Gasteiger partial charge in [-0.05, 0) is 63.1 Å². The van der Waals surface area contributed by atoms with Gasteiger partial charge in [0.1, 0.15) is 5.75 Å². The highest BCUT2D eigenvalue weighted by molar-refractivity contribution is 5.96. The SMILES string of the molecule is CC(C)Oc1ccccc1NCC(=O)Nc1ccc(C(=O)NC2CCCCC2)cc1. The van der Waals surface area contributed by atoms with Crippen molar-refractivity contribution in [2.45, 2.75) is 58.1 Å². The Morgan fingerprint density at radius 3 is 2.40 bits per heavy atom. The van der Waals surface area contributed by atoms with Gasteiger partial charge in [0.15, 0.2) is 0 Å². The van der Waals surface area contributed by atoms with E-state index in [-0.39, 0.29) is 30.5 Å². The summed E-state index contributed by atoms with van der Waals surface area (Å²) in [5, 5.41) is 9.06. The van der Waals surface area contributed by atoms with Crippen LogP contribution in [0.1, 0.15) is 56.3 Å². The first kappa shape index (κ1) is 21.7. The molecule has 0 atom stereocenters. The summed E-state index contributed by atoms with van der Waals surface area (Å²) in [6.07, 6.45) is 5.77. The van der Waals surface area contributed by atoms with Crippen LogP contribution in [0.25, 0.3) is 0 Å². The molecule has 160 valence electrons. The fraction of sp³-hybridized carbons (Fsp3) is 0.417. The van der Waals surface area contributed by atoms with Crippen molar-refractivity contribution < 1.29 is 14.3 Å². The molecule has 0 heterocycles. The number of para-hydroxylation sites is 2. The zero-order valence-electron chi connectivity index (χ0n) is 17.7. The quantitative estimate of drug-likeness (QED) is 0.596. The zero-order valence-corrected chi connectivity index (χ0v) is 17.7. The summed E-state index contributed by atoms with van der Waals surface area (Å²) in [7, 11) is 0. The molecule has 2 aromatic rings. The molecule has 2 aromatic carbocycles. The lowest BCUT2D eigenvalue weighted by Gasteiger charge is -2.22. The van der Waals surface area contributed by atoms with Crippen molar-refractivity contribution >= 4 is 23.2 Å². The Morgan fingerprint density at radius 1 is 1.00 bits per heavy atom. The number of hydrogen-bond acceptors (Lipinski definition) is 4. The number of rotatable bonds is 8. The van der Waals surface area contributed by atoms with Crippen LogP contribution in [0.3, 0.4) is 0 Å². The van der Waals surface area contributed by atoms with Crippen molar-refractivity contribution in [1.29, 1.82) is 0 Å². The Balaban J connectivity index is 1.49. The van der Waals surface area contributed by atoms with Gasteiger partial charge in [0.05, 0.1) is 18.3 Å². The second kappa shape index (κ2) is 10.7. The molecule has 1 aliphatic carbocycles. The van der Waals surface area contributed by atoms with Crippen molar-refractivity contribution in [3.05, 3.63) is 54.1 Å². The average Bonchev–Trinajstić information content (AvgIpc) is 2.74. The molecular weight excluding hydrogens is 378 g/mol. The predicted octanol–water partition coefficient (Wildman–Crippen LogP) is 4.59. The molecule has 0 radical (unpaired) electrons. The third kappa shape index (κ3) is 6.51. The zero-order chi connectivity index (χ0) is 21.3. The summed E-state index contributed by atoms with van der Waals surface area (Å²) in [6, 6.07) is 14.8. The lowest BCUT2D eigenvalue weighted by atomic mass is 9.95. The lowest BCUT2D eigenvalue weighted by molar-refractivity contribution is -0.114. The average molecular weight is 410 g/mol. The minimum atomic E-state index is -0.172. The van der Waals surface area contributed by atoms with Gasteiger partial charge < -0.3 is 20.7 Å². The summed E-state index contributed by atoms with van der Waals surface area (Å²) in [5.41, 5.74) is 2.04. The number of carbonyl (C=O) groups is 2. The van der Waals surface area contributed by atoms with Gasteiger partial charge in [-0.2, -0.15) is 0 Å². The van der Waals surface area contributed by atoms with Crippen molar-refractivity contribution in [3.8, 4) is 5.75 Å². The summed E-state index contributed by atoms with van der Waals surface area (Å²) in [4.78, 5) is 24.7. The molecule has 6 heteroatoms. The molecule has 1 saturated carbocycles. The molecule has 3 rings (SSSR count). The largest absolute Gasteiger partial charge is 0.489 e. The van der Waals surface area contributed by atoms with Gasteiger partial charge in [0.25, 0.3) is 5.91 Å². The number of carbonyl (C=O) groups excluding carboxylic acids is 2. The normalized spacial score (nSPS) is 14.2. The third-order valence-electron chi connectivity index (χ3n) is 5.06. The molecule has 0 aromatic heterocycles. The van der Waals surface area contributed by atoms with E-state index in [9.17, 15) is 9.59 Å². The smallest absolute Gasteiger partial charge is 0.251 e. The lowest BCUT2D eigenvalue weighted by Crippen LogP contribution is -2.36. The number of benzene rings is 2. The van der Waals surface area contributed by atoms with Crippen molar-refractivity contribution in [2.24, 2.45) is 0 Å². The molecule has 1 aliphatic rings. The van der Waals surface area contributed by atoms with Crippen molar-refractivity contribution in [3.63, 3.8) is 0 Å². The van der Waals surface area contributed by atoms with Crippen molar-refractivity contribution in [2.75, 3.05) is 17.2 Å². The second-order valence-corrected chi connectivity index (χ2v) is 7.95. The number of anilines is 2. The van der Waals surface area contributed by atoms with Crippen LogP contribution in [0.2, 0.25) is 0 Å². The van der Waals surface area contributed by atoms with Crippen molar-refractivity contribution in [1.82, 2.24) is 5.32 Å². The van der Waals surface area contributed by atoms with E-state index in [1.165, 1.54) is 19.3 Å². The molecular formula is C24H31N3O3. The Kier molecular flexibility index (Phi) is 7.71. The van der Waals surface area contributed by atoms with Crippen LogP contribution in [-0.4, -0.2) is 30.5 Å². The van der Waals surface area contributed by atoms with Crippen LogP contribution in [0.5, 0.6) is 5.75 Å². The maximum atomic E-state index is 12.4. The van der Waals surface area contributed by atoms with Crippen LogP contribution in [0.15, 0.2) is 48.5 Å². The van der Waals surface area contributed by atoms with Crippen LogP contribution in [-0.2, 0) is 4.79 Å². The molecule has 0 aliphatic heterocycles. The van der Waals surface area contributed by atoms with E-state index in [0.717, 1.165) is 18.5 Å². The molecule has 30 heavy (non-hydrogen) atoms. The van der Waals surface area contributed by atoms with E-state index < -0.39 is 0 Å². The maximum Gasteiger partial charge on any atom is 0.251 e. The topological polar surface area (TPSA) is 79.5 Å². The fourth-order valence-corrected chi connectivity index (χ4v) is 3.57. The number of ether oxygens (including phenoxy) is 1. The summed E-state index contributed by atoms with van der Waals surface area (Å²) < 4.78 is 5.75. The molecule has 0 spiro atoms. The highest BCUT2D eigenvalue weighted by Gasteiger charge is 2.16. The maximum absolute atomic E-state index is 12.4.